The van der Waals surface area contributed by atoms with E-state index in [9.17, 15) is 18.0 Å². The third-order valence-electron chi connectivity index (χ3n) is 2.84. The van der Waals surface area contributed by atoms with Crippen LogP contribution in [-0.4, -0.2) is 17.6 Å². The lowest BCUT2D eigenvalue weighted by Crippen LogP contribution is -2.09. The summed E-state index contributed by atoms with van der Waals surface area (Å²) in [6.45, 7) is 1.73. The van der Waals surface area contributed by atoms with Crippen molar-refractivity contribution in [1.82, 2.24) is 4.98 Å². The van der Waals surface area contributed by atoms with Crippen molar-refractivity contribution >= 4 is 17.6 Å². The molecule has 1 aromatic carbocycles. The van der Waals surface area contributed by atoms with E-state index in [1.165, 1.54) is 24.4 Å². The van der Waals surface area contributed by atoms with Gasteiger partial charge in [0.1, 0.15) is 5.56 Å². The second-order valence-corrected chi connectivity index (χ2v) is 4.72. The van der Waals surface area contributed by atoms with E-state index >= 15 is 0 Å². The summed E-state index contributed by atoms with van der Waals surface area (Å²) in [4.78, 5) is 16.0. The van der Waals surface area contributed by atoms with Crippen LogP contribution in [-0.2, 0) is 10.9 Å². The maximum atomic E-state index is 12.8. The summed E-state index contributed by atoms with van der Waals surface area (Å²) in [7, 11) is 0. The summed E-state index contributed by atoms with van der Waals surface area (Å²) in [5.74, 6) is -0.729. The fraction of sp³-hybridized carbons (Fsp3) is 0.200. The van der Waals surface area contributed by atoms with Crippen molar-refractivity contribution in [2.75, 3.05) is 6.61 Å². The molecule has 0 aliphatic heterocycles. The molecule has 0 saturated heterocycles. The minimum atomic E-state index is -4.49. The van der Waals surface area contributed by atoms with Gasteiger partial charge in [0.05, 0.1) is 22.9 Å². The molecule has 2 rings (SSSR count). The van der Waals surface area contributed by atoms with E-state index in [0.29, 0.717) is 0 Å². The van der Waals surface area contributed by atoms with Crippen LogP contribution in [0.25, 0.3) is 11.3 Å². The first-order valence-electron chi connectivity index (χ1n) is 6.34. The average molecular weight is 330 g/mol. The van der Waals surface area contributed by atoms with Crippen LogP contribution in [0, 0.1) is 0 Å². The molecule has 0 unspecified atom stereocenters. The van der Waals surface area contributed by atoms with Crippen LogP contribution < -0.4 is 0 Å². The lowest BCUT2D eigenvalue weighted by atomic mass is 10.0. The predicted molar refractivity (Wildman–Crippen MR) is 75.6 cm³/mol. The zero-order chi connectivity index (χ0) is 16.3. The molecule has 0 amide bonds. The number of ether oxygens (including phenoxy) is 1. The van der Waals surface area contributed by atoms with E-state index in [-0.39, 0.29) is 28.5 Å². The maximum absolute atomic E-state index is 12.8. The van der Waals surface area contributed by atoms with Gasteiger partial charge in [-0.25, -0.2) is 4.79 Å². The number of pyridine rings is 1. The number of benzene rings is 1. The largest absolute Gasteiger partial charge is 0.462 e. The third kappa shape index (κ3) is 3.39. The topological polar surface area (TPSA) is 39.2 Å². The Bertz CT molecular complexity index is 701. The molecule has 3 nitrogen and oxygen atoms in total. The number of rotatable bonds is 3. The monoisotopic (exact) mass is 329 g/mol. The molecular formula is C15H11ClF3NO2. The van der Waals surface area contributed by atoms with Crippen LogP contribution in [0.1, 0.15) is 22.8 Å². The molecule has 7 heteroatoms. The Labute approximate surface area is 129 Å². The summed E-state index contributed by atoms with van der Waals surface area (Å²) in [6.07, 6.45) is -3.17. The summed E-state index contributed by atoms with van der Waals surface area (Å²) >= 11 is 5.98. The number of alkyl halides is 3. The van der Waals surface area contributed by atoms with Crippen molar-refractivity contribution in [3.63, 3.8) is 0 Å². The predicted octanol–water partition coefficient (Wildman–Crippen LogP) is 4.60. The minimum absolute atomic E-state index is 0.0506. The summed E-state index contributed by atoms with van der Waals surface area (Å²) in [5, 5.41) is 0.0702. The quantitative estimate of drug-likeness (QED) is 0.773. The van der Waals surface area contributed by atoms with Crippen molar-refractivity contribution in [1.29, 1.82) is 0 Å². The molecule has 0 fully saturated rings. The molecule has 0 bridgehead atoms. The minimum Gasteiger partial charge on any atom is -0.462 e. The van der Waals surface area contributed by atoms with E-state index in [4.69, 9.17) is 16.3 Å². The van der Waals surface area contributed by atoms with E-state index in [1.54, 1.807) is 6.92 Å². The van der Waals surface area contributed by atoms with Crippen LogP contribution in [0.3, 0.4) is 0 Å². The van der Waals surface area contributed by atoms with Gasteiger partial charge in [-0.2, -0.15) is 13.2 Å². The molecular weight excluding hydrogens is 319 g/mol. The molecule has 116 valence electrons. The van der Waals surface area contributed by atoms with Crippen molar-refractivity contribution in [3.8, 4) is 11.3 Å². The van der Waals surface area contributed by atoms with Crippen LogP contribution in [0.15, 0.2) is 36.5 Å². The molecule has 2 aromatic rings. The normalized spacial score (nSPS) is 11.3. The molecule has 0 aliphatic rings. The molecule has 0 aliphatic carbocycles. The fourth-order valence-corrected chi connectivity index (χ4v) is 2.12. The van der Waals surface area contributed by atoms with Gasteiger partial charge in [0, 0.05) is 11.8 Å². The van der Waals surface area contributed by atoms with Gasteiger partial charge in [-0.3, -0.25) is 4.98 Å². The molecule has 0 saturated carbocycles. The molecule has 0 spiro atoms. The zero-order valence-electron chi connectivity index (χ0n) is 11.4. The number of halogens is 4. The summed E-state index contributed by atoms with van der Waals surface area (Å²) in [5.41, 5.74) is -0.690. The van der Waals surface area contributed by atoms with Gasteiger partial charge in [-0.05, 0) is 25.1 Å². The van der Waals surface area contributed by atoms with Crippen molar-refractivity contribution in [2.24, 2.45) is 0 Å². The van der Waals surface area contributed by atoms with Gasteiger partial charge in [-0.15, -0.1) is 0 Å². The number of nitrogens with zero attached hydrogens (tertiary/aromatic N) is 1. The van der Waals surface area contributed by atoms with E-state index in [0.717, 1.165) is 12.1 Å². The number of carbonyl (C=O) groups is 1. The van der Waals surface area contributed by atoms with Crippen molar-refractivity contribution in [3.05, 3.63) is 52.7 Å². The molecule has 0 radical (unpaired) electrons. The third-order valence-corrected chi connectivity index (χ3v) is 3.16. The molecule has 0 atom stereocenters. The van der Waals surface area contributed by atoms with E-state index in [1.807, 2.05) is 0 Å². The number of esters is 1. The lowest BCUT2D eigenvalue weighted by Gasteiger charge is -2.12. The summed E-state index contributed by atoms with van der Waals surface area (Å²) in [6, 6.07) is 5.91. The number of aromatic nitrogens is 1. The highest BCUT2D eigenvalue weighted by Gasteiger charge is 2.31. The Kier molecular flexibility index (Phi) is 4.71. The first-order valence-corrected chi connectivity index (χ1v) is 6.71. The maximum Gasteiger partial charge on any atom is 0.416 e. The van der Waals surface area contributed by atoms with Gasteiger partial charge in [-0.1, -0.05) is 23.7 Å². The fourth-order valence-electron chi connectivity index (χ4n) is 1.90. The van der Waals surface area contributed by atoms with Gasteiger partial charge < -0.3 is 4.74 Å². The lowest BCUT2D eigenvalue weighted by molar-refractivity contribution is -0.137. The second kappa shape index (κ2) is 6.36. The highest BCUT2D eigenvalue weighted by molar-refractivity contribution is 6.34. The molecule has 22 heavy (non-hydrogen) atoms. The zero-order valence-corrected chi connectivity index (χ0v) is 12.2. The van der Waals surface area contributed by atoms with E-state index in [2.05, 4.69) is 4.98 Å². The Morgan fingerprint density at radius 1 is 1.32 bits per heavy atom. The smallest absolute Gasteiger partial charge is 0.416 e. The van der Waals surface area contributed by atoms with Crippen molar-refractivity contribution in [2.45, 2.75) is 13.1 Å². The number of carbonyl (C=O) groups excluding carboxylic acids is 1. The van der Waals surface area contributed by atoms with Crippen molar-refractivity contribution < 1.29 is 22.7 Å². The summed E-state index contributed by atoms with van der Waals surface area (Å²) < 4.78 is 43.3. The highest BCUT2D eigenvalue weighted by Crippen LogP contribution is 2.34. The first kappa shape index (κ1) is 16.3. The average Bonchev–Trinajstić information content (AvgIpc) is 2.46. The highest BCUT2D eigenvalue weighted by atomic mass is 35.5. The van der Waals surface area contributed by atoms with Gasteiger partial charge in [0.25, 0.3) is 0 Å². The van der Waals surface area contributed by atoms with Gasteiger partial charge in [0.2, 0.25) is 0 Å². The second-order valence-electron chi connectivity index (χ2n) is 4.32. The first-order chi connectivity index (χ1) is 10.3. The molecule has 0 N–H and O–H groups in total. The van der Waals surface area contributed by atoms with Gasteiger partial charge >= 0.3 is 12.1 Å². The Balaban J connectivity index is 2.58. The Morgan fingerprint density at radius 2 is 2.05 bits per heavy atom. The van der Waals surface area contributed by atoms with Gasteiger partial charge in [0.15, 0.2) is 0 Å². The Hall–Kier alpha value is -2.08. The number of hydrogen-bond acceptors (Lipinski definition) is 3. The Morgan fingerprint density at radius 3 is 2.68 bits per heavy atom. The van der Waals surface area contributed by atoms with Crippen LogP contribution in [0.5, 0.6) is 0 Å². The van der Waals surface area contributed by atoms with Crippen LogP contribution >= 0.6 is 11.6 Å². The van der Waals surface area contributed by atoms with Crippen LogP contribution in [0.4, 0.5) is 13.2 Å². The van der Waals surface area contributed by atoms with E-state index < -0.39 is 17.7 Å². The standard InChI is InChI=1S/C15H11ClF3NO2/c1-2-22-14(21)12-11(16)6-7-20-13(12)9-4-3-5-10(8-9)15(17,18)19/h3-8H,2H2,1H3. The molecule has 1 aromatic heterocycles. The van der Waals surface area contributed by atoms with Crippen LogP contribution in [0.2, 0.25) is 5.02 Å². The SMILES string of the molecule is CCOC(=O)c1c(Cl)ccnc1-c1cccc(C(F)(F)F)c1. The number of hydrogen-bond donors (Lipinski definition) is 0. The molecule has 1 heterocycles.